The Morgan fingerprint density at radius 3 is 2.50 bits per heavy atom. The molecular formula is C19H30N3S2. The number of hydrogen-bond donors (Lipinski definition) is 0. The largest absolute Gasteiger partial charge is 0.348 e. The number of rotatable bonds is 10. The minimum Gasteiger partial charge on any atom is -0.348 e. The summed E-state index contributed by atoms with van der Waals surface area (Å²) in [7, 11) is 0. The Kier molecular flexibility index (Phi) is 7.69. The van der Waals surface area contributed by atoms with E-state index in [1.165, 1.54) is 37.8 Å². The fourth-order valence-electron chi connectivity index (χ4n) is 2.53. The molecule has 2 heterocycles. The maximum Gasteiger partial charge on any atom is 0.185 e. The molecule has 133 valence electrons. The van der Waals surface area contributed by atoms with Crippen molar-refractivity contribution in [3.05, 3.63) is 27.7 Å². The number of aromatic nitrogens is 2. The molecule has 0 fully saturated rings. The molecule has 2 aromatic heterocycles. The molecule has 3 nitrogen and oxygen atoms in total. The Labute approximate surface area is 155 Å². The highest BCUT2D eigenvalue weighted by Crippen LogP contribution is 2.29. The second kappa shape index (κ2) is 9.52. The van der Waals surface area contributed by atoms with Gasteiger partial charge in [0.05, 0.1) is 11.4 Å². The quantitative estimate of drug-likeness (QED) is 0.505. The van der Waals surface area contributed by atoms with Crippen LogP contribution in [-0.2, 0) is 11.8 Å². The number of unbranched alkanes of at least 4 members (excludes halogenated alkanes) is 4. The van der Waals surface area contributed by atoms with Crippen molar-refractivity contribution in [2.75, 3.05) is 18.0 Å². The zero-order chi connectivity index (χ0) is 17.4. The Bertz CT molecular complexity index is 570. The van der Waals surface area contributed by atoms with Gasteiger partial charge in [0.15, 0.2) is 10.6 Å². The molecule has 2 aromatic rings. The van der Waals surface area contributed by atoms with Crippen molar-refractivity contribution >= 4 is 27.8 Å². The van der Waals surface area contributed by atoms with Gasteiger partial charge in [0.2, 0.25) is 0 Å². The summed E-state index contributed by atoms with van der Waals surface area (Å²) in [4.78, 5) is 11.7. The average Bonchev–Trinajstić information content (AvgIpc) is 3.20. The van der Waals surface area contributed by atoms with E-state index in [-0.39, 0.29) is 5.41 Å². The molecule has 0 aliphatic carbocycles. The maximum absolute atomic E-state index is 4.92. The first-order chi connectivity index (χ1) is 11.5. The highest BCUT2D eigenvalue weighted by molar-refractivity contribution is 7.13. The summed E-state index contributed by atoms with van der Waals surface area (Å²) in [6.07, 6.45) is 7.52. The first kappa shape index (κ1) is 19.4. The lowest BCUT2D eigenvalue weighted by Gasteiger charge is -2.22. The number of nitrogens with zero attached hydrogens (tertiary/aromatic N) is 3. The third-order valence-corrected chi connectivity index (χ3v) is 5.63. The maximum atomic E-state index is 4.92. The van der Waals surface area contributed by atoms with E-state index < -0.39 is 0 Å². The standard InChI is InChI=1S/C19H30N3S2/c1-5-6-7-8-9-11-22(12-10-16-13-23-15-20-16)18-21-17(14-24-18)19(2,3)4/h13-14H,5-12H2,1-4H3. The van der Waals surface area contributed by atoms with Gasteiger partial charge in [0.1, 0.15) is 0 Å². The number of hydrogen-bond acceptors (Lipinski definition) is 5. The summed E-state index contributed by atoms with van der Waals surface area (Å²) >= 11 is 3.33. The number of anilines is 1. The van der Waals surface area contributed by atoms with Crippen LogP contribution in [0.4, 0.5) is 5.13 Å². The van der Waals surface area contributed by atoms with Crippen molar-refractivity contribution in [2.45, 2.75) is 71.6 Å². The molecule has 0 saturated carbocycles. The van der Waals surface area contributed by atoms with Gasteiger partial charge < -0.3 is 4.90 Å². The highest BCUT2D eigenvalue weighted by Gasteiger charge is 2.19. The third kappa shape index (κ3) is 6.17. The minimum absolute atomic E-state index is 0.116. The van der Waals surface area contributed by atoms with Gasteiger partial charge in [-0.25, -0.2) is 9.97 Å². The van der Waals surface area contributed by atoms with Crippen molar-refractivity contribution in [3.63, 3.8) is 0 Å². The minimum atomic E-state index is 0.116. The summed E-state index contributed by atoms with van der Waals surface area (Å²) in [5.74, 6) is 0. The van der Waals surface area contributed by atoms with Crippen LogP contribution in [0, 0.1) is 5.51 Å². The van der Waals surface area contributed by atoms with Crippen LogP contribution in [0.25, 0.3) is 0 Å². The molecule has 0 spiro atoms. The van der Waals surface area contributed by atoms with E-state index in [4.69, 9.17) is 4.98 Å². The first-order valence-corrected chi connectivity index (χ1v) is 10.8. The Balaban J connectivity index is 1.96. The predicted octanol–water partition coefficient (Wildman–Crippen LogP) is 5.72. The van der Waals surface area contributed by atoms with Crippen LogP contribution in [0.1, 0.15) is 71.2 Å². The van der Waals surface area contributed by atoms with E-state index >= 15 is 0 Å². The van der Waals surface area contributed by atoms with Gasteiger partial charge in [-0.15, -0.1) is 22.7 Å². The fraction of sp³-hybridized carbons (Fsp3) is 0.684. The molecule has 5 heteroatoms. The molecule has 1 radical (unpaired) electrons. The van der Waals surface area contributed by atoms with Crippen LogP contribution < -0.4 is 4.90 Å². The smallest absolute Gasteiger partial charge is 0.185 e. The fourth-order valence-corrected chi connectivity index (χ4v) is 4.17. The monoisotopic (exact) mass is 364 g/mol. The topological polar surface area (TPSA) is 29.0 Å². The van der Waals surface area contributed by atoms with Crippen molar-refractivity contribution in [2.24, 2.45) is 0 Å². The molecule has 0 aliphatic heterocycles. The van der Waals surface area contributed by atoms with Crippen molar-refractivity contribution in [1.29, 1.82) is 0 Å². The molecule has 0 atom stereocenters. The SMILES string of the molecule is CCCCCCCN(CCc1cs[c]n1)c1nc(C(C)(C)C)cs1. The second-order valence-corrected chi connectivity index (χ2v) is 8.84. The Morgan fingerprint density at radius 2 is 1.88 bits per heavy atom. The first-order valence-electron chi connectivity index (χ1n) is 9.02. The van der Waals surface area contributed by atoms with Crippen LogP contribution in [0.3, 0.4) is 0 Å². The van der Waals surface area contributed by atoms with Crippen LogP contribution >= 0.6 is 22.7 Å². The molecule has 0 unspecified atom stereocenters. The zero-order valence-electron chi connectivity index (χ0n) is 15.5. The van der Waals surface area contributed by atoms with Gasteiger partial charge in [-0.2, -0.15) is 0 Å². The summed E-state index contributed by atoms with van der Waals surface area (Å²) < 4.78 is 0. The van der Waals surface area contributed by atoms with E-state index in [0.717, 1.165) is 30.3 Å². The molecular weight excluding hydrogens is 334 g/mol. The molecule has 0 aliphatic rings. The van der Waals surface area contributed by atoms with Gasteiger partial charge in [0.25, 0.3) is 0 Å². The molecule has 0 aromatic carbocycles. The molecule has 2 rings (SSSR count). The van der Waals surface area contributed by atoms with Crippen molar-refractivity contribution in [1.82, 2.24) is 9.97 Å². The second-order valence-electron chi connectivity index (χ2n) is 7.35. The Hall–Kier alpha value is -0.940. The molecule has 24 heavy (non-hydrogen) atoms. The van der Waals surface area contributed by atoms with E-state index in [1.807, 2.05) is 0 Å². The van der Waals surface area contributed by atoms with Crippen LogP contribution in [0.15, 0.2) is 10.8 Å². The van der Waals surface area contributed by atoms with E-state index in [1.54, 1.807) is 22.7 Å². The van der Waals surface area contributed by atoms with E-state index in [2.05, 4.69) is 53.8 Å². The number of thiazole rings is 2. The van der Waals surface area contributed by atoms with Crippen molar-refractivity contribution in [3.8, 4) is 0 Å². The van der Waals surface area contributed by atoms with Crippen LogP contribution in [0.5, 0.6) is 0 Å². The highest BCUT2D eigenvalue weighted by atomic mass is 32.1. The lowest BCUT2D eigenvalue weighted by molar-refractivity contribution is 0.570. The van der Waals surface area contributed by atoms with Crippen LogP contribution in [-0.4, -0.2) is 23.1 Å². The predicted molar refractivity (Wildman–Crippen MR) is 106 cm³/mol. The Morgan fingerprint density at radius 1 is 1.08 bits per heavy atom. The van der Waals surface area contributed by atoms with Gasteiger partial charge in [-0.3, -0.25) is 0 Å². The summed E-state index contributed by atoms with van der Waals surface area (Å²) in [6.45, 7) is 11.0. The normalized spacial score (nSPS) is 11.8. The molecule has 0 saturated heterocycles. The van der Waals surface area contributed by atoms with E-state index in [0.29, 0.717) is 0 Å². The molecule has 0 amide bonds. The summed E-state index contributed by atoms with van der Waals surface area (Å²) in [6, 6.07) is 0. The van der Waals surface area contributed by atoms with Crippen LogP contribution in [0.2, 0.25) is 0 Å². The lowest BCUT2D eigenvalue weighted by Crippen LogP contribution is -2.27. The zero-order valence-corrected chi connectivity index (χ0v) is 17.1. The van der Waals surface area contributed by atoms with Gasteiger partial charge >= 0.3 is 0 Å². The van der Waals surface area contributed by atoms with E-state index in [9.17, 15) is 0 Å². The third-order valence-electron chi connectivity index (χ3n) is 4.14. The summed E-state index contributed by atoms with van der Waals surface area (Å²) in [5.41, 5.74) is 5.40. The molecule has 0 bridgehead atoms. The van der Waals surface area contributed by atoms with Gasteiger partial charge in [-0.1, -0.05) is 53.4 Å². The average molecular weight is 365 g/mol. The summed E-state index contributed by atoms with van der Waals surface area (Å²) in [5, 5.41) is 5.48. The van der Waals surface area contributed by atoms with Gasteiger partial charge in [0, 0.05) is 35.7 Å². The van der Waals surface area contributed by atoms with Crippen molar-refractivity contribution < 1.29 is 0 Å². The lowest BCUT2D eigenvalue weighted by atomic mass is 9.93. The van der Waals surface area contributed by atoms with Gasteiger partial charge in [-0.05, 0) is 6.42 Å². The molecule has 0 N–H and O–H groups in total.